The summed E-state index contributed by atoms with van der Waals surface area (Å²) in [5.74, 6) is -0.210. The highest BCUT2D eigenvalue weighted by molar-refractivity contribution is 5.90. The van der Waals surface area contributed by atoms with E-state index in [-0.39, 0.29) is 11.9 Å². The van der Waals surface area contributed by atoms with Crippen molar-refractivity contribution >= 4 is 17.6 Å². The van der Waals surface area contributed by atoms with Crippen LogP contribution in [0.1, 0.15) is 31.7 Å². The summed E-state index contributed by atoms with van der Waals surface area (Å²) in [5.41, 5.74) is 1.78. The zero-order chi connectivity index (χ0) is 13.4. The van der Waals surface area contributed by atoms with Crippen LogP contribution in [0, 0.1) is 0 Å². The highest BCUT2D eigenvalue weighted by Crippen LogP contribution is 2.13. The summed E-state index contributed by atoms with van der Waals surface area (Å²) < 4.78 is 4.59. The number of rotatable bonds is 6. The van der Waals surface area contributed by atoms with Crippen LogP contribution in [0.15, 0.2) is 24.3 Å². The number of anilines is 1. The van der Waals surface area contributed by atoms with Crippen LogP contribution < -0.4 is 5.32 Å². The van der Waals surface area contributed by atoms with Crippen LogP contribution in [0.4, 0.5) is 5.69 Å². The van der Waals surface area contributed by atoms with Gasteiger partial charge in [-0.25, -0.2) is 0 Å². The minimum absolute atomic E-state index is 0.0163. The van der Waals surface area contributed by atoms with Gasteiger partial charge in [0.2, 0.25) is 5.91 Å². The van der Waals surface area contributed by atoms with E-state index in [1.165, 1.54) is 7.11 Å². The predicted octanol–water partition coefficient (Wildman–Crippen LogP) is 2.53. The third-order valence-electron chi connectivity index (χ3n) is 2.53. The van der Waals surface area contributed by atoms with Crippen LogP contribution in [0.5, 0.6) is 0 Å². The fourth-order valence-electron chi connectivity index (χ4n) is 1.60. The Labute approximate surface area is 107 Å². The van der Waals surface area contributed by atoms with E-state index in [0.29, 0.717) is 19.3 Å². The summed E-state index contributed by atoms with van der Waals surface area (Å²) in [6.07, 6.45) is 2.31. The van der Waals surface area contributed by atoms with Crippen molar-refractivity contribution in [2.75, 3.05) is 12.4 Å². The Hall–Kier alpha value is -1.84. The van der Waals surface area contributed by atoms with Crippen LogP contribution in [0.3, 0.4) is 0 Å². The molecule has 1 aromatic carbocycles. The molecule has 0 saturated carbocycles. The molecular weight excluding hydrogens is 230 g/mol. The quantitative estimate of drug-likeness (QED) is 0.788. The number of hydrogen-bond acceptors (Lipinski definition) is 3. The first-order chi connectivity index (χ1) is 8.65. The molecule has 0 aliphatic carbocycles. The molecule has 0 aliphatic rings. The maximum Gasteiger partial charge on any atom is 0.305 e. The van der Waals surface area contributed by atoms with Gasteiger partial charge in [0.05, 0.1) is 7.11 Å². The number of nitrogens with one attached hydrogen (secondary N) is 1. The third-order valence-corrected chi connectivity index (χ3v) is 2.53. The Morgan fingerprint density at radius 2 is 2.06 bits per heavy atom. The van der Waals surface area contributed by atoms with E-state index in [9.17, 15) is 9.59 Å². The van der Waals surface area contributed by atoms with Crippen molar-refractivity contribution in [1.82, 2.24) is 0 Å². The Morgan fingerprint density at radius 3 is 2.72 bits per heavy atom. The lowest BCUT2D eigenvalue weighted by Crippen LogP contribution is -2.10. The Bertz CT molecular complexity index is 415. The average Bonchev–Trinajstić information content (AvgIpc) is 2.36. The van der Waals surface area contributed by atoms with Gasteiger partial charge in [0.25, 0.3) is 0 Å². The number of carbonyl (C=O) groups is 2. The molecule has 18 heavy (non-hydrogen) atoms. The molecule has 0 heterocycles. The van der Waals surface area contributed by atoms with Crippen molar-refractivity contribution in [3.8, 4) is 0 Å². The molecule has 0 radical (unpaired) electrons. The molecule has 0 saturated heterocycles. The van der Waals surface area contributed by atoms with Crippen molar-refractivity contribution in [2.45, 2.75) is 32.6 Å². The maximum atomic E-state index is 11.5. The van der Waals surface area contributed by atoms with Gasteiger partial charge >= 0.3 is 5.97 Å². The minimum Gasteiger partial charge on any atom is -0.469 e. The van der Waals surface area contributed by atoms with Crippen molar-refractivity contribution in [2.24, 2.45) is 0 Å². The van der Waals surface area contributed by atoms with Crippen molar-refractivity contribution in [3.63, 3.8) is 0 Å². The molecule has 1 amide bonds. The van der Waals surface area contributed by atoms with Gasteiger partial charge in [-0.2, -0.15) is 0 Å². The summed E-state index contributed by atoms with van der Waals surface area (Å²) in [7, 11) is 1.38. The molecule has 4 nitrogen and oxygen atoms in total. The van der Waals surface area contributed by atoms with Crippen LogP contribution in [-0.4, -0.2) is 19.0 Å². The highest BCUT2D eigenvalue weighted by atomic mass is 16.5. The summed E-state index contributed by atoms with van der Waals surface area (Å²) in [5, 5.41) is 2.83. The Kier molecular flexibility index (Phi) is 5.91. The van der Waals surface area contributed by atoms with E-state index in [0.717, 1.165) is 17.7 Å². The summed E-state index contributed by atoms with van der Waals surface area (Å²) in [6, 6.07) is 7.53. The topological polar surface area (TPSA) is 55.4 Å². The van der Waals surface area contributed by atoms with E-state index in [1.54, 1.807) is 0 Å². The number of benzene rings is 1. The monoisotopic (exact) mass is 249 g/mol. The smallest absolute Gasteiger partial charge is 0.305 e. The summed E-state index contributed by atoms with van der Waals surface area (Å²) >= 11 is 0. The first kappa shape index (κ1) is 14.2. The number of amides is 1. The van der Waals surface area contributed by atoms with E-state index in [4.69, 9.17) is 0 Å². The first-order valence-electron chi connectivity index (χ1n) is 6.11. The van der Waals surface area contributed by atoms with E-state index >= 15 is 0 Å². The SMILES string of the molecule is CCCC(=O)Nc1cccc(CCC(=O)OC)c1. The second-order valence-corrected chi connectivity index (χ2v) is 4.07. The lowest BCUT2D eigenvalue weighted by molar-refractivity contribution is -0.140. The van der Waals surface area contributed by atoms with Gasteiger partial charge in [-0.05, 0) is 30.5 Å². The lowest BCUT2D eigenvalue weighted by Gasteiger charge is -2.06. The lowest BCUT2D eigenvalue weighted by atomic mass is 10.1. The van der Waals surface area contributed by atoms with E-state index in [1.807, 2.05) is 31.2 Å². The fourth-order valence-corrected chi connectivity index (χ4v) is 1.60. The first-order valence-corrected chi connectivity index (χ1v) is 6.11. The van der Waals surface area contributed by atoms with Gasteiger partial charge in [-0.3, -0.25) is 9.59 Å². The predicted molar refractivity (Wildman–Crippen MR) is 70.3 cm³/mol. The van der Waals surface area contributed by atoms with Crippen LogP contribution in [0.2, 0.25) is 0 Å². The molecule has 0 aliphatic heterocycles. The molecule has 0 fully saturated rings. The van der Waals surface area contributed by atoms with Gasteiger partial charge in [0.15, 0.2) is 0 Å². The van der Waals surface area contributed by atoms with Gasteiger partial charge in [0.1, 0.15) is 0 Å². The second-order valence-electron chi connectivity index (χ2n) is 4.07. The zero-order valence-electron chi connectivity index (χ0n) is 10.9. The normalized spacial score (nSPS) is 9.89. The van der Waals surface area contributed by atoms with Gasteiger partial charge in [-0.1, -0.05) is 19.1 Å². The molecule has 0 aromatic heterocycles. The van der Waals surface area contributed by atoms with Gasteiger partial charge < -0.3 is 10.1 Å². The van der Waals surface area contributed by atoms with Gasteiger partial charge in [0, 0.05) is 18.5 Å². The number of esters is 1. The second kappa shape index (κ2) is 7.48. The molecule has 0 bridgehead atoms. The number of carbonyl (C=O) groups excluding carboxylic acids is 2. The van der Waals surface area contributed by atoms with Gasteiger partial charge in [-0.15, -0.1) is 0 Å². The Balaban J connectivity index is 2.56. The fraction of sp³-hybridized carbons (Fsp3) is 0.429. The Morgan fingerprint density at radius 1 is 1.28 bits per heavy atom. The largest absolute Gasteiger partial charge is 0.469 e. The zero-order valence-corrected chi connectivity index (χ0v) is 10.9. The molecular formula is C14H19NO3. The van der Waals surface area contributed by atoms with Crippen molar-refractivity contribution < 1.29 is 14.3 Å². The molecule has 1 aromatic rings. The molecule has 0 unspecified atom stereocenters. The molecule has 1 rings (SSSR count). The summed E-state index contributed by atoms with van der Waals surface area (Å²) in [4.78, 5) is 22.5. The molecule has 1 N–H and O–H groups in total. The van der Waals surface area contributed by atoms with E-state index < -0.39 is 0 Å². The van der Waals surface area contributed by atoms with Crippen LogP contribution in [-0.2, 0) is 20.7 Å². The number of ether oxygens (including phenoxy) is 1. The van der Waals surface area contributed by atoms with Crippen molar-refractivity contribution in [1.29, 1.82) is 0 Å². The number of hydrogen-bond donors (Lipinski definition) is 1. The van der Waals surface area contributed by atoms with E-state index in [2.05, 4.69) is 10.1 Å². The third kappa shape index (κ3) is 4.99. The highest BCUT2D eigenvalue weighted by Gasteiger charge is 2.04. The standard InChI is InChI=1S/C14H19NO3/c1-3-5-13(16)15-12-7-4-6-11(10-12)8-9-14(17)18-2/h4,6-7,10H,3,5,8-9H2,1-2H3,(H,15,16). The average molecular weight is 249 g/mol. The molecule has 0 atom stereocenters. The van der Waals surface area contributed by atoms with Crippen LogP contribution in [0.25, 0.3) is 0 Å². The maximum absolute atomic E-state index is 11.5. The summed E-state index contributed by atoms with van der Waals surface area (Å²) in [6.45, 7) is 1.96. The minimum atomic E-state index is -0.226. The van der Waals surface area contributed by atoms with Crippen LogP contribution >= 0.6 is 0 Å². The molecule has 98 valence electrons. The number of methoxy groups -OCH3 is 1. The molecule has 0 spiro atoms. The number of aryl methyl sites for hydroxylation is 1. The van der Waals surface area contributed by atoms with Crippen molar-refractivity contribution in [3.05, 3.63) is 29.8 Å². The molecule has 4 heteroatoms.